The van der Waals surface area contributed by atoms with Crippen LogP contribution in [0.4, 0.5) is 10.1 Å². The zero-order chi connectivity index (χ0) is 16.4. The molecule has 0 bridgehead atoms. The summed E-state index contributed by atoms with van der Waals surface area (Å²) in [5, 5.41) is 5.40. The number of nitrogens with one attached hydrogen (secondary N) is 2. The number of benzene rings is 2. The zero-order valence-electron chi connectivity index (χ0n) is 12.4. The molecule has 3 rings (SSSR count). The Morgan fingerprint density at radius 3 is 2.91 bits per heavy atom. The van der Waals surface area contributed by atoms with Crippen molar-refractivity contribution in [1.82, 2.24) is 5.32 Å². The summed E-state index contributed by atoms with van der Waals surface area (Å²) in [7, 11) is 0. The Labute approximate surface area is 137 Å². The molecule has 0 spiro atoms. The van der Waals surface area contributed by atoms with Gasteiger partial charge in [0.15, 0.2) is 0 Å². The molecule has 1 unspecified atom stereocenters. The van der Waals surface area contributed by atoms with E-state index in [1.54, 1.807) is 24.3 Å². The summed E-state index contributed by atoms with van der Waals surface area (Å²) in [4.78, 5) is 24.9. The number of hydrogen-bond acceptors (Lipinski definition) is 3. The molecule has 0 aromatic heterocycles. The van der Waals surface area contributed by atoms with Crippen molar-refractivity contribution in [2.24, 2.45) is 0 Å². The SMILES string of the molecule is CC1Sc2ccc(C(=O)NCc3cccc(F)c3)cc2NC1=O. The van der Waals surface area contributed by atoms with Crippen LogP contribution in [0.1, 0.15) is 22.8 Å². The van der Waals surface area contributed by atoms with Crippen LogP contribution in [0.3, 0.4) is 0 Å². The highest BCUT2D eigenvalue weighted by atomic mass is 32.2. The summed E-state index contributed by atoms with van der Waals surface area (Å²) >= 11 is 1.47. The number of amides is 2. The molecular formula is C17H15FN2O2S. The first kappa shape index (κ1) is 15.6. The first-order valence-corrected chi connectivity index (χ1v) is 8.05. The summed E-state index contributed by atoms with van der Waals surface area (Å²) < 4.78 is 13.1. The maximum absolute atomic E-state index is 13.1. The number of anilines is 1. The fraction of sp³-hybridized carbons (Fsp3) is 0.176. The second-order valence-electron chi connectivity index (χ2n) is 5.27. The first-order chi connectivity index (χ1) is 11.0. The Kier molecular flexibility index (Phi) is 4.34. The minimum atomic E-state index is -0.334. The third-order valence-electron chi connectivity index (χ3n) is 3.51. The molecule has 1 atom stereocenters. The maximum atomic E-state index is 13.1. The van der Waals surface area contributed by atoms with Gasteiger partial charge in [0.1, 0.15) is 5.82 Å². The summed E-state index contributed by atoms with van der Waals surface area (Å²) in [5.74, 6) is -0.672. The molecule has 23 heavy (non-hydrogen) atoms. The Morgan fingerprint density at radius 1 is 1.30 bits per heavy atom. The van der Waals surface area contributed by atoms with Gasteiger partial charge in [0.2, 0.25) is 5.91 Å². The van der Waals surface area contributed by atoms with Gasteiger partial charge in [-0.3, -0.25) is 9.59 Å². The van der Waals surface area contributed by atoms with Gasteiger partial charge in [0, 0.05) is 17.0 Å². The topological polar surface area (TPSA) is 58.2 Å². The van der Waals surface area contributed by atoms with Crippen LogP contribution in [0.2, 0.25) is 0 Å². The zero-order valence-corrected chi connectivity index (χ0v) is 13.2. The minimum absolute atomic E-state index is 0.0696. The van der Waals surface area contributed by atoms with Crippen LogP contribution in [0.25, 0.3) is 0 Å². The summed E-state index contributed by atoms with van der Waals surface area (Å²) in [5.41, 5.74) is 1.79. The van der Waals surface area contributed by atoms with Crippen molar-refractivity contribution >= 4 is 29.3 Å². The monoisotopic (exact) mass is 330 g/mol. The smallest absolute Gasteiger partial charge is 0.251 e. The minimum Gasteiger partial charge on any atom is -0.348 e. The number of carbonyl (C=O) groups is 2. The Hall–Kier alpha value is -2.34. The molecule has 2 N–H and O–H groups in total. The van der Waals surface area contributed by atoms with Crippen molar-refractivity contribution < 1.29 is 14.0 Å². The second kappa shape index (κ2) is 6.42. The van der Waals surface area contributed by atoms with Crippen molar-refractivity contribution in [2.75, 3.05) is 5.32 Å². The molecule has 2 aromatic carbocycles. The van der Waals surface area contributed by atoms with E-state index in [1.807, 2.05) is 13.0 Å². The molecule has 4 nitrogen and oxygen atoms in total. The maximum Gasteiger partial charge on any atom is 0.251 e. The Bertz CT molecular complexity index is 779. The van der Waals surface area contributed by atoms with Crippen LogP contribution in [0.5, 0.6) is 0 Å². The van der Waals surface area contributed by atoms with E-state index >= 15 is 0 Å². The number of rotatable bonds is 3. The summed E-state index contributed by atoms with van der Waals surface area (Å²) in [6, 6.07) is 11.3. The summed E-state index contributed by atoms with van der Waals surface area (Å²) in [6.45, 7) is 2.08. The quantitative estimate of drug-likeness (QED) is 0.909. The number of thioether (sulfide) groups is 1. The number of carbonyl (C=O) groups excluding carboxylic acids is 2. The Balaban J connectivity index is 1.71. The van der Waals surface area contributed by atoms with Gasteiger partial charge in [0.05, 0.1) is 10.9 Å². The average Bonchev–Trinajstić information content (AvgIpc) is 2.53. The molecule has 118 valence electrons. The van der Waals surface area contributed by atoms with Crippen LogP contribution in [0, 0.1) is 5.82 Å². The van der Waals surface area contributed by atoms with Crippen LogP contribution < -0.4 is 10.6 Å². The molecule has 1 heterocycles. The van der Waals surface area contributed by atoms with Crippen molar-refractivity contribution in [1.29, 1.82) is 0 Å². The highest BCUT2D eigenvalue weighted by molar-refractivity contribution is 8.00. The van der Waals surface area contributed by atoms with E-state index in [1.165, 1.54) is 23.9 Å². The summed E-state index contributed by atoms with van der Waals surface area (Å²) in [6.07, 6.45) is 0. The van der Waals surface area contributed by atoms with E-state index in [0.717, 1.165) is 4.90 Å². The van der Waals surface area contributed by atoms with Crippen LogP contribution >= 0.6 is 11.8 Å². The van der Waals surface area contributed by atoms with Crippen LogP contribution in [0.15, 0.2) is 47.4 Å². The second-order valence-corrected chi connectivity index (χ2v) is 6.66. The molecule has 0 radical (unpaired) electrons. The van der Waals surface area contributed by atoms with Crippen molar-refractivity contribution in [3.05, 3.63) is 59.4 Å². The number of fused-ring (bicyclic) bond motifs is 1. The third-order valence-corrected chi connectivity index (χ3v) is 4.69. The van der Waals surface area contributed by atoms with E-state index in [4.69, 9.17) is 0 Å². The predicted molar refractivity (Wildman–Crippen MR) is 88.0 cm³/mol. The van der Waals surface area contributed by atoms with Gasteiger partial charge in [-0.1, -0.05) is 12.1 Å². The number of halogens is 1. The molecule has 0 fully saturated rings. The largest absolute Gasteiger partial charge is 0.348 e. The molecule has 2 aromatic rings. The lowest BCUT2D eigenvalue weighted by atomic mass is 10.1. The average molecular weight is 330 g/mol. The van der Waals surface area contributed by atoms with Crippen LogP contribution in [-0.4, -0.2) is 17.1 Å². The van der Waals surface area contributed by atoms with Gasteiger partial charge in [0.25, 0.3) is 5.91 Å². The molecular weight excluding hydrogens is 315 g/mol. The third kappa shape index (κ3) is 3.53. The predicted octanol–water partition coefficient (Wildman–Crippen LogP) is 3.19. The van der Waals surface area contributed by atoms with E-state index in [9.17, 15) is 14.0 Å². The first-order valence-electron chi connectivity index (χ1n) is 7.17. The number of hydrogen-bond donors (Lipinski definition) is 2. The molecule has 0 saturated heterocycles. The van der Waals surface area contributed by atoms with Crippen LogP contribution in [-0.2, 0) is 11.3 Å². The molecule has 1 aliphatic rings. The van der Waals surface area contributed by atoms with Gasteiger partial charge in [-0.25, -0.2) is 4.39 Å². The van der Waals surface area contributed by atoms with Crippen molar-refractivity contribution in [2.45, 2.75) is 23.6 Å². The highest BCUT2D eigenvalue weighted by Gasteiger charge is 2.23. The van der Waals surface area contributed by atoms with Gasteiger partial charge in [-0.2, -0.15) is 0 Å². The van der Waals surface area contributed by atoms with E-state index in [0.29, 0.717) is 16.8 Å². The molecule has 1 aliphatic heterocycles. The lowest BCUT2D eigenvalue weighted by Gasteiger charge is -2.21. The fourth-order valence-corrected chi connectivity index (χ4v) is 3.21. The van der Waals surface area contributed by atoms with Crippen molar-refractivity contribution in [3.8, 4) is 0 Å². The van der Waals surface area contributed by atoms with Gasteiger partial charge in [-0.15, -0.1) is 11.8 Å². The molecule has 6 heteroatoms. The lowest BCUT2D eigenvalue weighted by molar-refractivity contribution is -0.115. The normalized spacial score (nSPS) is 16.4. The van der Waals surface area contributed by atoms with E-state index in [-0.39, 0.29) is 29.4 Å². The van der Waals surface area contributed by atoms with Gasteiger partial charge >= 0.3 is 0 Å². The highest BCUT2D eigenvalue weighted by Crippen LogP contribution is 2.35. The van der Waals surface area contributed by atoms with E-state index < -0.39 is 0 Å². The Morgan fingerprint density at radius 2 is 2.13 bits per heavy atom. The molecule has 2 amide bonds. The van der Waals surface area contributed by atoms with Crippen molar-refractivity contribution in [3.63, 3.8) is 0 Å². The van der Waals surface area contributed by atoms with E-state index in [2.05, 4.69) is 10.6 Å². The van der Waals surface area contributed by atoms with Gasteiger partial charge in [-0.05, 0) is 42.8 Å². The molecule has 0 saturated carbocycles. The standard InChI is InChI=1S/C17H15FN2O2S/c1-10-16(21)20-14-8-12(5-6-15(14)23-10)17(22)19-9-11-3-2-4-13(18)7-11/h2-8,10H,9H2,1H3,(H,19,22)(H,20,21). The van der Waals surface area contributed by atoms with Gasteiger partial charge < -0.3 is 10.6 Å². The lowest BCUT2D eigenvalue weighted by Crippen LogP contribution is -2.27. The fourth-order valence-electron chi connectivity index (χ4n) is 2.28. The molecule has 0 aliphatic carbocycles.